The van der Waals surface area contributed by atoms with Gasteiger partial charge >= 0.3 is 5.97 Å². The molecule has 0 bridgehead atoms. The fraction of sp³-hybridized carbons (Fsp3) is 0.300. The Bertz CT molecular complexity index is 1130. The molecule has 30 heavy (non-hydrogen) atoms. The number of nitrogens with one attached hydrogen (secondary N) is 1. The molecule has 0 saturated carbocycles. The van der Waals surface area contributed by atoms with E-state index >= 15 is 0 Å². The van der Waals surface area contributed by atoms with Crippen LogP contribution in [0, 0.1) is 0 Å². The highest BCUT2D eigenvalue weighted by molar-refractivity contribution is 7.89. The van der Waals surface area contributed by atoms with Crippen LogP contribution >= 0.6 is 11.3 Å². The fourth-order valence-electron chi connectivity index (χ4n) is 2.58. The van der Waals surface area contributed by atoms with Crippen LogP contribution in [0.3, 0.4) is 0 Å². The van der Waals surface area contributed by atoms with Crippen molar-refractivity contribution in [3.05, 3.63) is 53.2 Å². The zero-order valence-electron chi connectivity index (χ0n) is 17.0. The van der Waals surface area contributed by atoms with E-state index < -0.39 is 21.5 Å². The zero-order valence-corrected chi connectivity index (χ0v) is 18.6. The third-order valence-corrected chi connectivity index (χ3v) is 6.40. The first-order chi connectivity index (χ1) is 14.1. The molecule has 0 saturated heterocycles. The Balaban J connectivity index is 1.76. The lowest BCUT2D eigenvalue weighted by Crippen LogP contribution is -2.40. The maximum Gasteiger partial charge on any atom is 0.338 e. The predicted octanol–water partition coefficient (Wildman–Crippen LogP) is 3.85. The number of benzene rings is 1. The topological polar surface area (TPSA) is 108 Å². The van der Waals surface area contributed by atoms with Gasteiger partial charge in [-0.3, -0.25) is 0 Å². The van der Waals surface area contributed by atoms with Crippen molar-refractivity contribution in [2.45, 2.75) is 37.8 Å². The molecular weight excluding hydrogens is 428 g/mol. The molecule has 0 radical (unpaired) electrons. The van der Waals surface area contributed by atoms with Crippen LogP contribution < -0.4 is 9.46 Å². The van der Waals surface area contributed by atoms with Crippen molar-refractivity contribution in [3.8, 4) is 16.5 Å². The van der Waals surface area contributed by atoms with Gasteiger partial charge in [-0.25, -0.2) is 22.9 Å². The second-order valence-electron chi connectivity index (χ2n) is 7.42. The summed E-state index contributed by atoms with van der Waals surface area (Å²) >= 11 is 1.48. The van der Waals surface area contributed by atoms with Crippen LogP contribution in [0.15, 0.2) is 51.3 Å². The number of nitrogens with zero attached hydrogens (tertiary/aromatic N) is 1. The highest BCUT2D eigenvalue weighted by Gasteiger charge is 2.26. The Morgan fingerprint density at radius 1 is 1.27 bits per heavy atom. The monoisotopic (exact) mass is 450 g/mol. The maximum absolute atomic E-state index is 12.7. The number of esters is 1. The number of oxazole rings is 1. The molecule has 2 heterocycles. The molecule has 0 aliphatic carbocycles. The number of hydrogen-bond donors (Lipinski definition) is 1. The third kappa shape index (κ3) is 5.26. The van der Waals surface area contributed by atoms with E-state index in [0.717, 1.165) is 4.88 Å². The lowest BCUT2D eigenvalue weighted by molar-refractivity contribution is 0.0467. The molecule has 2 aromatic heterocycles. The standard InChI is InChI=1S/C20H22N2O6S2/c1-20(2,3)22-30(24,25)17-10-13(7-8-15(17)26-4)19(23)28-12-14-11-27-18(21-14)16-6-5-9-29-16/h5-11,22H,12H2,1-4H3. The van der Waals surface area contributed by atoms with Crippen LogP contribution in [0.2, 0.25) is 0 Å². The van der Waals surface area contributed by atoms with E-state index in [-0.39, 0.29) is 22.8 Å². The first kappa shape index (κ1) is 22.0. The minimum Gasteiger partial charge on any atom is -0.495 e. The molecule has 0 amide bonds. The number of thiophene rings is 1. The number of sulfonamides is 1. The van der Waals surface area contributed by atoms with Crippen LogP contribution in [0.4, 0.5) is 0 Å². The van der Waals surface area contributed by atoms with E-state index in [1.54, 1.807) is 20.8 Å². The Kier molecular flexibility index (Phi) is 6.30. The number of carbonyl (C=O) groups excluding carboxylic acids is 1. The minimum atomic E-state index is -3.91. The van der Waals surface area contributed by atoms with Gasteiger partial charge in [0.1, 0.15) is 29.2 Å². The van der Waals surface area contributed by atoms with Gasteiger partial charge in [0.05, 0.1) is 17.6 Å². The van der Waals surface area contributed by atoms with Gasteiger partial charge in [0.15, 0.2) is 0 Å². The summed E-state index contributed by atoms with van der Waals surface area (Å²) in [4.78, 5) is 17.5. The first-order valence-corrected chi connectivity index (χ1v) is 11.3. The number of carbonyl (C=O) groups is 1. The Morgan fingerprint density at radius 3 is 2.67 bits per heavy atom. The van der Waals surface area contributed by atoms with Crippen LogP contribution in [0.25, 0.3) is 10.8 Å². The van der Waals surface area contributed by atoms with Crippen molar-refractivity contribution in [2.24, 2.45) is 0 Å². The van der Waals surface area contributed by atoms with Crippen molar-refractivity contribution in [1.82, 2.24) is 9.71 Å². The van der Waals surface area contributed by atoms with Gasteiger partial charge in [0, 0.05) is 5.54 Å². The van der Waals surface area contributed by atoms with Gasteiger partial charge in [-0.2, -0.15) is 0 Å². The van der Waals surface area contributed by atoms with Crippen LogP contribution in [-0.2, 0) is 21.4 Å². The SMILES string of the molecule is COc1ccc(C(=O)OCc2coc(-c3cccs3)n2)cc1S(=O)(=O)NC(C)(C)C. The molecule has 3 aromatic rings. The van der Waals surface area contributed by atoms with E-state index in [1.807, 2.05) is 17.5 Å². The van der Waals surface area contributed by atoms with E-state index in [2.05, 4.69) is 9.71 Å². The molecule has 160 valence electrons. The fourth-order valence-corrected chi connectivity index (χ4v) is 4.85. The van der Waals surface area contributed by atoms with E-state index in [1.165, 1.54) is 42.9 Å². The number of hydrogen-bond acceptors (Lipinski definition) is 8. The average molecular weight is 451 g/mol. The average Bonchev–Trinajstić information content (AvgIpc) is 3.35. The normalized spacial score (nSPS) is 12.0. The largest absolute Gasteiger partial charge is 0.495 e. The maximum atomic E-state index is 12.7. The molecule has 0 fully saturated rings. The summed E-state index contributed by atoms with van der Waals surface area (Å²) in [6, 6.07) is 7.84. The molecule has 10 heteroatoms. The summed E-state index contributed by atoms with van der Waals surface area (Å²) in [6.07, 6.45) is 1.42. The first-order valence-electron chi connectivity index (χ1n) is 8.96. The number of methoxy groups -OCH3 is 1. The van der Waals surface area contributed by atoms with Crippen molar-refractivity contribution < 1.29 is 27.1 Å². The summed E-state index contributed by atoms with van der Waals surface area (Å²) in [7, 11) is -2.55. The minimum absolute atomic E-state index is 0.0760. The lowest BCUT2D eigenvalue weighted by Gasteiger charge is -2.21. The molecule has 0 spiro atoms. The van der Waals surface area contributed by atoms with Gasteiger partial charge in [0.25, 0.3) is 0 Å². The highest BCUT2D eigenvalue weighted by atomic mass is 32.2. The molecule has 8 nitrogen and oxygen atoms in total. The molecule has 0 aliphatic heterocycles. The second-order valence-corrected chi connectivity index (χ2v) is 10.0. The molecular formula is C20H22N2O6S2. The van der Waals surface area contributed by atoms with Crippen molar-refractivity contribution >= 4 is 27.3 Å². The number of ether oxygens (including phenoxy) is 2. The molecule has 0 atom stereocenters. The third-order valence-electron chi connectivity index (χ3n) is 3.76. The van der Waals surface area contributed by atoms with Gasteiger partial charge in [-0.15, -0.1) is 11.3 Å². The van der Waals surface area contributed by atoms with Crippen LogP contribution in [0.1, 0.15) is 36.8 Å². The van der Waals surface area contributed by atoms with Gasteiger partial charge in [0.2, 0.25) is 15.9 Å². The molecule has 1 N–H and O–H groups in total. The highest BCUT2D eigenvalue weighted by Crippen LogP contribution is 2.27. The summed E-state index contributed by atoms with van der Waals surface area (Å²) < 4.78 is 43.8. The summed E-state index contributed by atoms with van der Waals surface area (Å²) in [5, 5.41) is 1.91. The van der Waals surface area contributed by atoms with E-state index in [0.29, 0.717) is 11.6 Å². The van der Waals surface area contributed by atoms with E-state index in [9.17, 15) is 13.2 Å². The summed E-state index contributed by atoms with van der Waals surface area (Å²) in [5.74, 6) is -0.118. The molecule has 0 aliphatic rings. The smallest absolute Gasteiger partial charge is 0.338 e. The molecule has 1 aromatic carbocycles. The Hall–Kier alpha value is -2.69. The summed E-state index contributed by atoms with van der Waals surface area (Å²) in [5.41, 5.74) is -0.178. The van der Waals surface area contributed by atoms with Gasteiger partial charge < -0.3 is 13.9 Å². The zero-order chi connectivity index (χ0) is 21.9. The molecule has 3 rings (SSSR count). The summed E-state index contributed by atoms with van der Waals surface area (Å²) in [6.45, 7) is 5.05. The van der Waals surface area contributed by atoms with Crippen molar-refractivity contribution in [1.29, 1.82) is 0 Å². The van der Waals surface area contributed by atoms with Gasteiger partial charge in [-0.05, 0) is 50.4 Å². The van der Waals surface area contributed by atoms with Crippen molar-refractivity contribution in [3.63, 3.8) is 0 Å². The van der Waals surface area contributed by atoms with E-state index in [4.69, 9.17) is 13.9 Å². The van der Waals surface area contributed by atoms with Crippen molar-refractivity contribution in [2.75, 3.05) is 7.11 Å². The quantitative estimate of drug-likeness (QED) is 0.545. The number of aromatic nitrogens is 1. The van der Waals surface area contributed by atoms with Crippen LogP contribution in [-0.4, -0.2) is 32.0 Å². The Labute approximate surface area is 178 Å². The predicted molar refractivity (Wildman–Crippen MR) is 112 cm³/mol. The lowest BCUT2D eigenvalue weighted by atomic mass is 10.1. The van der Waals surface area contributed by atoms with Gasteiger partial charge in [-0.1, -0.05) is 6.07 Å². The van der Waals surface area contributed by atoms with Crippen LogP contribution in [0.5, 0.6) is 5.75 Å². The Morgan fingerprint density at radius 2 is 2.03 bits per heavy atom. The number of rotatable bonds is 7. The second kappa shape index (κ2) is 8.58. The molecule has 0 unspecified atom stereocenters.